The predicted octanol–water partition coefficient (Wildman–Crippen LogP) is 3.83. The fraction of sp³-hybridized carbons (Fsp3) is 0.111. The first-order valence-electron chi connectivity index (χ1n) is 7.33. The van der Waals surface area contributed by atoms with Crippen LogP contribution >= 0.6 is 11.6 Å². The number of rotatable bonds is 4. The van der Waals surface area contributed by atoms with Crippen LogP contribution in [0.2, 0.25) is 5.02 Å². The van der Waals surface area contributed by atoms with E-state index in [-0.39, 0.29) is 5.91 Å². The maximum atomic E-state index is 12.6. The lowest BCUT2D eigenvalue weighted by Gasteiger charge is -2.13. The highest BCUT2D eigenvalue weighted by molar-refractivity contribution is 6.30. The third-order valence-corrected chi connectivity index (χ3v) is 3.89. The van der Waals surface area contributed by atoms with E-state index < -0.39 is 0 Å². The van der Waals surface area contributed by atoms with Gasteiger partial charge in [-0.1, -0.05) is 41.9 Å². The van der Waals surface area contributed by atoms with Crippen molar-refractivity contribution in [1.29, 1.82) is 0 Å². The van der Waals surface area contributed by atoms with Gasteiger partial charge in [0.15, 0.2) is 0 Å². The summed E-state index contributed by atoms with van der Waals surface area (Å²) >= 11 is 5.95. The van der Waals surface area contributed by atoms with E-state index in [2.05, 4.69) is 5.10 Å². The van der Waals surface area contributed by atoms with Gasteiger partial charge in [-0.2, -0.15) is 5.10 Å². The smallest absolute Gasteiger partial charge is 0.274 e. The van der Waals surface area contributed by atoms with Crippen LogP contribution in [0.1, 0.15) is 10.4 Å². The van der Waals surface area contributed by atoms with Crippen LogP contribution in [0.25, 0.3) is 16.9 Å². The zero-order valence-electron chi connectivity index (χ0n) is 13.3. The summed E-state index contributed by atoms with van der Waals surface area (Å²) in [5.41, 5.74) is 2.70. The van der Waals surface area contributed by atoms with Crippen LogP contribution in [0, 0.1) is 0 Å². The second-order valence-electron chi connectivity index (χ2n) is 5.16. The van der Waals surface area contributed by atoms with Gasteiger partial charge in [0, 0.05) is 23.8 Å². The molecule has 2 aromatic carbocycles. The van der Waals surface area contributed by atoms with E-state index in [1.54, 1.807) is 30.1 Å². The molecule has 3 aromatic rings. The van der Waals surface area contributed by atoms with Crippen LogP contribution in [0.4, 0.5) is 0 Å². The molecule has 1 aromatic heterocycles. The Kier molecular flexibility index (Phi) is 4.64. The van der Waals surface area contributed by atoms with Crippen molar-refractivity contribution in [1.82, 2.24) is 14.8 Å². The molecule has 0 bridgehead atoms. The summed E-state index contributed by atoms with van der Waals surface area (Å²) in [6.45, 7) is 0. The number of hydrogen-bond acceptors (Lipinski definition) is 3. The average molecular weight is 342 g/mol. The van der Waals surface area contributed by atoms with Crippen molar-refractivity contribution in [3.8, 4) is 16.9 Å². The molecule has 0 aliphatic rings. The van der Waals surface area contributed by atoms with Gasteiger partial charge in [-0.15, -0.1) is 0 Å². The first kappa shape index (κ1) is 16.2. The second-order valence-corrected chi connectivity index (χ2v) is 5.60. The number of hydroxylamine groups is 2. The van der Waals surface area contributed by atoms with Crippen LogP contribution in [0.5, 0.6) is 0 Å². The average Bonchev–Trinajstić information content (AvgIpc) is 3.07. The molecule has 0 spiro atoms. The zero-order valence-corrected chi connectivity index (χ0v) is 14.1. The lowest BCUT2D eigenvalue weighted by Crippen LogP contribution is -2.25. The van der Waals surface area contributed by atoms with E-state index >= 15 is 0 Å². The predicted molar refractivity (Wildman–Crippen MR) is 93.1 cm³/mol. The van der Waals surface area contributed by atoms with E-state index in [1.165, 1.54) is 12.2 Å². The van der Waals surface area contributed by atoms with Crippen LogP contribution < -0.4 is 0 Å². The number of hydrogen-bond donors (Lipinski definition) is 0. The minimum Gasteiger partial charge on any atom is -0.274 e. The van der Waals surface area contributed by atoms with Gasteiger partial charge in [0.05, 0.1) is 18.4 Å². The maximum absolute atomic E-state index is 12.6. The summed E-state index contributed by atoms with van der Waals surface area (Å²) < 4.78 is 1.68. The van der Waals surface area contributed by atoms with E-state index in [0.717, 1.165) is 11.3 Å². The van der Waals surface area contributed by atoms with Crippen LogP contribution in [0.3, 0.4) is 0 Å². The van der Waals surface area contributed by atoms with Gasteiger partial charge in [0.1, 0.15) is 5.69 Å². The minimum absolute atomic E-state index is 0.273. The normalized spacial score (nSPS) is 10.6. The van der Waals surface area contributed by atoms with Crippen molar-refractivity contribution in [2.75, 3.05) is 14.2 Å². The number of halogens is 1. The molecule has 0 N–H and O–H groups in total. The molecule has 122 valence electrons. The lowest BCUT2D eigenvalue weighted by atomic mass is 10.1. The molecule has 0 saturated heterocycles. The summed E-state index contributed by atoms with van der Waals surface area (Å²) in [4.78, 5) is 17.6. The summed E-state index contributed by atoms with van der Waals surface area (Å²) in [5.74, 6) is -0.273. The Morgan fingerprint density at radius 1 is 1.12 bits per heavy atom. The standard InChI is InChI=1S/C18H16ClN3O2/c1-21(24-2)18(23)16-12-22(15-6-4-3-5-7-15)20-17(16)13-8-10-14(19)11-9-13/h3-12H,1-2H3. The first-order chi connectivity index (χ1) is 11.6. The Bertz CT molecular complexity index is 844. The molecule has 0 aliphatic carbocycles. The zero-order chi connectivity index (χ0) is 17.1. The highest BCUT2D eigenvalue weighted by Crippen LogP contribution is 2.26. The van der Waals surface area contributed by atoms with Crippen LogP contribution in [-0.4, -0.2) is 34.9 Å². The monoisotopic (exact) mass is 341 g/mol. The molecule has 6 heteroatoms. The molecule has 0 saturated carbocycles. The summed E-state index contributed by atoms with van der Waals surface area (Å²) in [5, 5.41) is 6.39. The molecular formula is C18H16ClN3O2. The van der Waals surface area contributed by atoms with Crippen LogP contribution in [0.15, 0.2) is 60.8 Å². The van der Waals surface area contributed by atoms with Gasteiger partial charge in [-0.3, -0.25) is 9.63 Å². The van der Waals surface area contributed by atoms with Crippen molar-refractivity contribution in [3.05, 3.63) is 71.4 Å². The van der Waals surface area contributed by atoms with Crippen molar-refractivity contribution in [3.63, 3.8) is 0 Å². The summed E-state index contributed by atoms with van der Waals surface area (Å²) in [6, 6.07) is 16.8. The molecule has 5 nitrogen and oxygen atoms in total. The molecule has 1 heterocycles. The highest BCUT2D eigenvalue weighted by Gasteiger charge is 2.21. The molecule has 0 aliphatic heterocycles. The number of benzene rings is 2. The molecule has 0 atom stereocenters. The van der Waals surface area contributed by atoms with E-state index in [9.17, 15) is 4.79 Å². The number of carbonyl (C=O) groups excluding carboxylic acids is 1. The van der Waals surface area contributed by atoms with Gasteiger partial charge in [-0.25, -0.2) is 9.75 Å². The number of amides is 1. The van der Waals surface area contributed by atoms with Crippen molar-refractivity contribution in [2.45, 2.75) is 0 Å². The fourth-order valence-corrected chi connectivity index (χ4v) is 2.44. The number of para-hydroxylation sites is 1. The Balaban J connectivity index is 2.13. The van der Waals surface area contributed by atoms with Gasteiger partial charge in [0.25, 0.3) is 5.91 Å². The molecule has 0 unspecified atom stereocenters. The Hall–Kier alpha value is -2.63. The van der Waals surface area contributed by atoms with Gasteiger partial charge in [-0.05, 0) is 24.3 Å². The van der Waals surface area contributed by atoms with Gasteiger partial charge >= 0.3 is 0 Å². The third kappa shape index (κ3) is 3.18. The van der Waals surface area contributed by atoms with Crippen LogP contribution in [-0.2, 0) is 4.84 Å². The van der Waals surface area contributed by atoms with Crippen molar-refractivity contribution >= 4 is 17.5 Å². The molecular weight excluding hydrogens is 326 g/mol. The quantitative estimate of drug-likeness (QED) is 0.678. The number of aromatic nitrogens is 2. The SMILES string of the molecule is CON(C)C(=O)c1cn(-c2ccccc2)nc1-c1ccc(Cl)cc1. The van der Waals surface area contributed by atoms with E-state index in [4.69, 9.17) is 16.4 Å². The summed E-state index contributed by atoms with van der Waals surface area (Å²) in [7, 11) is 3.01. The first-order valence-corrected chi connectivity index (χ1v) is 7.71. The fourth-order valence-electron chi connectivity index (χ4n) is 2.32. The third-order valence-electron chi connectivity index (χ3n) is 3.64. The highest BCUT2D eigenvalue weighted by atomic mass is 35.5. The largest absolute Gasteiger partial charge is 0.281 e. The lowest BCUT2D eigenvalue weighted by molar-refractivity contribution is -0.0756. The van der Waals surface area contributed by atoms with E-state index in [1.807, 2.05) is 42.5 Å². The number of carbonyl (C=O) groups is 1. The van der Waals surface area contributed by atoms with Gasteiger partial charge in [0.2, 0.25) is 0 Å². The van der Waals surface area contributed by atoms with Crippen molar-refractivity contribution < 1.29 is 9.63 Å². The Labute approximate surface area is 145 Å². The molecule has 3 rings (SSSR count). The maximum Gasteiger partial charge on any atom is 0.281 e. The van der Waals surface area contributed by atoms with Gasteiger partial charge < -0.3 is 0 Å². The second kappa shape index (κ2) is 6.86. The topological polar surface area (TPSA) is 47.4 Å². The molecule has 1 amide bonds. The Morgan fingerprint density at radius 2 is 1.79 bits per heavy atom. The molecule has 24 heavy (non-hydrogen) atoms. The minimum atomic E-state index is -0.273. The Morgan fingerprint density at radius 3 is 2.42 bits per heavy atom. The molecule has 0 fully saturated rings. The van der Waals surface area contributed by atoms with E-state index in [0.29, 0.717) is 16.3 Å². The molecule has 0 radical (unpaired) electrons. The number of nitrogens with zero attached hydrogens (tertiary/aromatic N) is 3. The summed E-state index contributed by atoms with van der Waals surface area (Å²) in [6.07, 6.45) is 1.71. The van der Waals surface area contributed by atoms with Crippen molar-refractivity contribution in [2.24, 2.45) is 0 Å².